The van der Waals surface area contributed by atoms with Crippen LogP contribution in [0.4, 0.5) is 0 Å². The average molecular weight is 289 g/mol. The standard InChI is InChI=1S/C18H31N3/c1-4-21-13-10-18(11-14-21)20(3)15-17-7-5-16(6-8-17)9-12-19-2/h5-8,18-19H,4,9-15H2,1-3H3. The zero-order valence-electron chi connectivity index (χ0n) is 13.9. The van der Waals surface area contributed by atoms with Crippen molar-refractivity contribution in [3.63, 3.8) is 0 Å². The summed E-state index contributed by atoms with van der Waals surface area (Å²) in [5, 5.41) is 3.20. The van der Waals surface area contributed by atoms with Gasteiger partial charge in [-0.3, -0.25) is 4.90 Å². The number of hydrogen-bond donors (Lipinski definition) is 1. The van der Waals surface area contributed by atoms with Crippen molar-refractivity contribution >= 4 is 0 Å². The van der Waals surface area contributed by atoms with Crippen molar-refractivity contribution in [3.05, 3.63) is 35.4 Å². The van der Waals surface area contributed by atoms with Crippen molar-refractivity contribution in [1.29, 1.82) is 0 Å². The SMILES string of the molecule is CCN1CCC(N(C)Cc2ccc(CCNC)cc2)CC1. The zero-order chi connectivity index (χ0) is 15.1. The molecule has 0 aliphatic carbocycles. The summed E-state index contributed by atoms with van der Waals surface area (Å²) in [4.78, 5) is 5.09. The van der Waals surface area contributed by atoms with Crippen LogP contribution < -0.4 is 5.32 Å². The third-order valence-corrected chi connectivity index (χ3v) is 4.75. The lowest BCUT2D eigenvalue weighted by atomic mass is 10.0. The normalized spacial score (nSPS) is 17.5. The van der Waals surface area contributed by atoms with Crippen LogP contribution in [0.15, 0.2) is 24.3 Å². The highest BCUT2D eigenvalue weighted by Crippen LogP contribution is 2.17. The van der Waals surface area contributed by atoms with E-state index in [0.717, 1.165) is 25.6 Å². The van der Waals surface area contributed by atoms with E-state index in [1.807, 2.05) is 7.05 Å². The summed E-state index contributed by atoms with van der Waals surface area (Å²) in [5.41, 5.74) is 2.86. The van der Waals surface area contributed by atoms with Gasteiger partial charge < -0.3 is 10.2 Å². The van der Waals surface area contributed by atoms with Gasteiger partial charge in [0.25, 0.3) is 0 Å². The molecule has 1 saturated heterocycles. The molecule has 0 bridgehead atoms. The first-order valence-corrected chi connectivity index (χ1v) is 8.38. The third-order valence-electron chi connectivity index (χ3n) is 4.75. The zero-order valence-corrected chi connectivity index (χ0v) is 13.9. The van der Waals surface area contributed by atoms with Crippen LogP contribution in [0, 0.1) is 0 Å². The molecule has 1 aliphatic heterocycles. The Balaban J connectivity index is 1.81. The lowest BCUT2D eigenvalue weighted by Crippen LogP contribution is -2.42. The molecule has 1 aromatic carbocycles. The summed E-state index contributed by atoms with van der Waals surface area (Å²) in [7, 11) is 4.29. The minimum absolute atomic E-state index is 0.747. The van der Waals surface area contributed by atoms with Crippen molar-refractivity contribution < 1.29 is 0 Å². The number of hydrogen-bond acceptors (Lipinski definition) is 3. The van der Waals surface area contributed by atoms with Crippen LogP contribution in [0.5, 0.6) is 0 Å². The summed E-state index contributed by atoms with van der Waals surface area (Å²) in [6.07, 6.45) is 3.73. The van der Waals surface area contributed by atoms with Crippen molar-refractivity contribution in [1.82, 2.24) is 15.1 Å². The molecule has 0 saturated carbocycles. The summed E-state index contributed by atoms with van der Waals surface area (Å²) in [6, 6.07) is 9.89. The molecule has 0 amide bonds. The number of likely N-dealkylation sites (N-methyl/N-ethyl adjacent to an activating group) is 1. The maximum absolute atomic E-state index is 3.20. The van der Waals surface area contributed by atoms with E-state index < -0.39 is 0 Å². The molecule has 1 N–H and O–H groups in total. The van der Waals surface area contributed by atoms with Gasteiger partial charge >= 0.3 is 0 Å². The highest BCUT2D eigenvalue weighted by molar-refractivity contribution is 5.22. The first-order chi connectivity index (χ1) is 10.2. The monoisotopic (exact) mass is 289 g/mol. The molecule has 21 heavy (non-hydrogen) atoms. The topological polar surface area (TPSA) is 18.5 Å². The maximum atomic E-state index is 3.20. The molecule has 3 nitrogen and oxygen atoms in total. The molecule has 0 atom stereocenters. The number of nitrogens with zero attached hydrogens (tertiary/aromatic N) is 2. The second-order valence-electron chi connectivity index (χ2n) is 6.25. The molecule has 2 rings (SSSR count). The van der Waals surface area contributed by atoms with Gasteiger partial charge in [0.1, 0.15) is 0 Å². The highest BCUT2D eigenvalue weighted by Gasteiger charge is 2.21. The Labute approximate surface area is 130 Å². The highest BCUT2D eigenvalue weighted by atomic mass is 15.2. The van der Waals surface area contributed by atoms with Gasteiger partial charge in [0.05, 0.1) is 0 Å². The Morgan fingerprint density at radius 2 is 1.76 bits per heavy atom. The fraction of sp³-hybridized carbons (Fsp3) is 0.667. The van der Waals surface area contributed by atoms with Crippen LogP contribution in [0.1, 0.15) is 30.9 Å². The predicted molar refractivity (Wildman–Crippen MR) is 90.7 cm³/mol. The number of nitrogens with one attached hydrogen (secondary N) is 1. The lowest BCUT2D eigenvalue weighted by Gasteiger charge is -2.36. The van der Waals surface area contributed by atoms with Gasteiger partial charge in [-0.15, -0.1) is 0 Å². The average Bonchev–Trinajstić information content (AvgIpc) is 2.54. The van der Waals surface area contributed by atoms with E-state index in [1.54, 1.807) is 0 Å². The summed E-state index contributed by atoms with van der Waals surface area (Å²) in [6.45, 7) is 8.10. The molecule has 1 aliphatic rings. The Bertz CT molecular complexity index is 393. The number of rotatable bonds is 7. The van der Waals surface area contributed by atoms with Crippen molar-refractivity contribution in [2.45, 2.75) is 38.8 Å². The first-order valence-electron chi connectivity index (χ1n) is 8.38. The van der Waals surface area contributed by atoms with Crippen molar-refractivity contribution in [2.24, 2.45) is 0 Å². The second kappa shape index (κ2) is 8.52. The van der Waals surface area contributed by atoms with Gasteiger partial charge in [-0.1, -0.05) is 31.2 Å². The van der Waals surface area contributed by atoms with E-state index in [4.69, 9.17) is 0 Å². The minimum Gasteiger partial charge on any atom is -0.319 e. The molecule has 118 valence electrons. The predicted octanol–water partition coefficient (Wildman–Crippen LogP) is 2.36. The molecule has 0 radical (unpaired) electrons. The molecule has 1 aromatic rings. The van der Waals surface area contributed by atoms with E-state index in [9.17, 15) is 0 Å². The molecule has 3 heteroatoms. The van der Waals surface area contributed by atoms with Crippen LogP contribution in [0.3, 0.4) is 0 Å². The minimum atomic E-state index is 0.747. The van der Waals surface area contributed by atoms with E-state index in [-0.39, 0.29) is 0 Å². The summed E-state index contributed by atoms with van der Waals surface area (Å²) >= 11 is 0. The van der Waals surface area contributed by atoms with Crippen molar-refractivity contribution in [2.75, 3.05) is 40.3 Å². The van der Waals surface area contributed by atoms with E-state index in [0.29, 0.717) is 0 Å². The van der Waals surface area contributed by atoms with Gasteiger partial charge in [0.2, 0.25) is 0 Å². The van der Waals surface area contributed by atoms with Crippen LogP contribution >= 0.6 is 0 Å². The van der Waals surface area contributed by atoms with Gasteiger partial charge in [-0.2, -0.15) is 0 Å². The van der Waals surface area contributed by atoms with Crippen LogP contribution in [0.25, 0.3) is 0 Å². The van der Waals surface area contributed by atoms with Crippen LogP contribution in [0.2, 0.25) is 0 Å². The maximum Gasteiger partial charge on any atom is 0.0233 e. The summed E-state index contributed by atoms with van der Waals surface area (Å²) < 4.78 is 0. The Hall–Kier alpha value is -0.900. The fourth-order valence-electron chi connectivity index (χ4n) is 3.17. The molecule has 0 spiro atoms. The third kappa shape index (κ3) is 5.10. The largest absolute Gasteiger partial charge is 0.319 e. The number of likely N-dealkylation sites (tertiary alicyclic amines) is 1. The smallest absolute Gasteiger partial charge is 0.0233 e. The van der Waals surface area contributed by atoms with Gasteiger partial charge in [0, 0.05) is 12.6 Å². The first kappa shape index (κ1) is 16.5. The molecule has 0 unspecified atom stereocenters. The Morgan fingerprint density at radius 3 is 2.33 bits per heavy atom. The van der Waals surface area contributed by atoms with Crippen molar-refractivity contribution in [3.8, 4) is 0 Å². The van der Waals surface area contributed by atoms with Gasteiger partial charge in [-0.05, 0) is 70.7 Å². The van der Waals surface area contributed by atoms with E-state index in [1.165, 1.54) is 43.6 Å². The fourth-order valence-corrected chi connectivity index (χ4v) is 3.17. The van der Waals surface area contributed by atoms with Gasteiger partial charge in [-0.25, -0.2) is 0 Å². The molecule has 1 heterocycles. The number of benzene rings is 1. The van der Waals surface area contributed by atoms with E-state index >= 15 is 0 Å². The van der Waals surface area contributed by atoms with Crippen LogP contribution in [-0.2, 0) is 13.0 Å². The molecule has 0 aromatic heterocycles. The second-order valence-corrected chi connectivity index (χ2v) is 6.25. The molecular formula is C18H31N3. The molecular weight excluding hydrogens is 258 g/mol. The van der Waals surface area contributed by atoms with E-state index in [2.05, 4.69) is 53.4 Å². The van der Waals surface area contributed by atoms with Crippen LogP contribution in [-0.4, -0.2) is 56.1 Å². The Morgan fingerprint density at radius 1 is 1.14 bits per heavy atom. The quantitative estimate of drug-likeness (QED) is 0.831. The summed E-state index contributed by atoms with van der Waals surface area (Å²) in [5.74, 6) is 0. The Kier molecular flexibility index (Phi) is 6.68. The molecule has 1 fully saturated rings. The number of piperidine rings is 1. The van der Waals surface area contributed by atoms with Gasteiger partial charge in [0.15, 0.2) is 0 Å². The lowest BCUT2D eigenvalue weighted by molar-refractivity contribution is 0.127.